The minimum absolute atomic E-state index is 0.135. The molecule has 0 spiro atoms. The normalized spacial score (nSPS) is 14.3. The molecule has 1 N–H and O–H groups in total. The first-order chi connectivity index (χ1) is 13.1. The van der Waals surface area contributed by atoms with Crippen molar-refractivity contribution in [3.8, 4) is 0 Å². The predicted molar refractivity (Wildman–Crippen MR) is 101 cm³/mol. The third kappa shape index (κ3) is 4.64. The van der Waals surface area contributed by atoms with Crippen LogP contribution in [0.4, 0.5) is 5.82 Å². The molecule has 0 bridgehead atoms. The summed E-state index contributed by atoms with van der Waals surface area (Å²) in [6.45, 7) is 6.59. The van der Waals surface area contributed by atoms with E-state index in [0.29, 0.717) is 49.3 Å². The van der Waals surface area contributed by atoms with Gasteiger partial charge in [-0.2, -0.15) is 0 Å². The van der Waals surface area contributed by atoms with Crippen LogP contribution in [0.3, 0.4) is 0 Å². The minimum Gasteiger partial charge on any atom is -0.459 e. The third-order valence-electron chi connectivity index (χ3n) is 4.48. The molecule has 0 saturated carbocycles. The molecule has 2 aromatic rings. The van der Waals surface area contributed by atoms with Crippen LogP contribution in [0.5, 0.6) is 0 Å². The van der Waals surface area contributed by atoms with Crippen molar-refractivity contribution in [2.24, 2.45) is 0 Å². The number of anilines is 1. The van der Waals surface area contributed by atoms with Crippen molar-refractivity contribution in [2.45, 2.75) is 26.7 Å². The maximum absolute atomic E-state index is 12.8. The Morgan fingerprint density at radius 2 is 1.85 bits per heavy atom. The molecule has 3 heterocycles. The summed E-state index contributed by atoms with van der Waals surface area (Å²) in [6.07, 6.45) is 3.61. The van der Waals surface area contributed by atoms with E-state index in [1.54, 1.807) is 34.9 Å². The number of nitrogens with one attached hydrogen (secondary N) is 1. The van der Waals surface area contributed by atoms with Gasteiger partial charge in [-0.25, -0.2) is 9.97 Å². The van der Waals surface area contributed by atoms with Crippen LogP contribution in [0.25, 0.3) is 0 Å². The Labute approximate surface area is 158 Å². The molecule has 0 radical (unpaired) electrons. The van der Waals surface area contributed by atoms with Gasteiger partial charge in [0.25, 0.3) is 11.8 Å². The summed E-state index contributed by atoms with van der Waals surface area (Å²) in [5, 5.41) is 3.24. The third-order valence-corrected chi connectivity index (χ3v) is 4.48. The van der Waals surface area contributed by atoms with Crippen molar-refractivity contribution >= 4 is 17.6 Å². The van der Waals surface area contributed by atoms with Gasteiger partial charge in [-0.3, -0.25) is 9.59 Å². The lowest BCUT2D eigenvalue weighted by Crippen LogP contribution is -2.50. The van der Waals surface area contributed by atoms with Gasteiger partial charge in [0.05, 0.1) is 6.26 Å². The van der Waals surface area contributed by atoms with Crippen molar-refractivity contribution < 1.29 is 14.0 Å². The molecule has 0 atom stereocenters. The summed E-state index contributed by atoms with van der Waals surface area (Å²) in [6, 6.07) is 5.04. The largest absolute Gasteiger partial charge is 0.459 e. The quantitative estimate of drug-likeness (QED) is 0.783. The lowest BCUT2D eigenvalue weighted by atomic mass is 10.2. The summed E-state index contributed by atoms with van der Waals surface area (Å²) < 4.78 is 5.16. The second kappa shape index (κ2) is 8.66. The van der Waals surface area contributed by atoms with E-state index in [-0.39, 0.29) is 11.8 Å². The molecule has 8 nitrogen and oxygen atoms in total. The Morgan fingerprint density at radius 3 is 2.48 bits per heavy atom. The predicted octanol–water partition coefficient (Wildman–Crippen LogP) is 2.19. The Morgan fingerprint density at radius 1 is 1.15 bits per heavy atom. The SMILES string of the molecule is CCCCNc1cc(C(=O)N2CCN(C(=O)c3ccco3)CC2)nc(C)n1. The van der Waals surface area contributed by atoms with Crippen LogP contribution in [0.15, 0.2) is 28.9 Å². The van der Waals surface area contributed by atoms with Crippen LogP contribution in [0.2, 0.25) is 0 Å². The summed E-state index contributed by atoms with van der Waals surface area (Å²) in [5.41, 5.74) is 0.382. The van der Waals surface area contributed by atoms with Crippen molar-refractivity contribution in [2.75, 3.05) is 38.0 Å². The minimum atomic E-state index is -0.146. The highest BCUT2D eigenvalue weighted by atomic mass is 16.3. The van der Waals surface area contributed by atoms with Crippen LogP contribution >= 0.6 is 0 Å². The molecule has 2 amide bonds. The zero-order valence-corrected chi connectivity index (χ0v) is 15.8. The number of amides is 2. The van der Waals surface area contributed by atoms with E-state index in [0.717, 1.165) is 19.4 Å². The van der Waals surface area contributed by atoms with Gasteiger partial charge in [-0.1, -0.05) is 13.3 Å². The highest BCUT2D eigenvalue weighted by molar-refractivity contribution is 5.94. The number of piperazine rings is 1. The van der Waals surface area contributed by atoms with Gasteiger partial charge in [-0.05, 0) is 25.5 Å². The van der Waals surface area contributed by atoms with E-state index >= 15 is 0 Å². The summed E-state index contributed by atoms with van der Waals surface area (Å²) in [7, 11) is 0. The summed E-state index contributed by atoms with van der Waals surface area (Å²) >= 11 is 0. The first kappa shape index (κ1) is 18.9. The van der Waals surface area contributed by atoms with E-state index < -0.39 is 0 Å². The average molecular weight is 371 g/mol. The Hall–Kier alpha value is -2.90. The fourth-order valence-electron chi connectivity index (χ4n) is 2.99. The first-order valence-corrected chi connectivity index (χ1v) is 9.30. The number of aryl methyl sites for hydroxylation is 1. The number of hydrogen-bond acceptors (Lipinski definition) is 6. The van der Waals surface area contributed by atoms with E-state index in [1.807, 2.05) is 0 Å². The van der Waals surface area contributed by atoms with Gasteiger partial charge < -0.3 is 19.5 Å². The van der Waals surface area contributed by atoms with E-state index in [4.69, 9.17) is 4.42 Å². The smallest absolute Gasteiger partial charge is 0.289 e. The number of unbranched alkanes of at least 4 members (excludes halogenated alkanes) is 1. The molecule has 1 saturated heterocycles. The zero-order valence-electron chi connectivity index (χ0n) is 15.8. The van der Waals surface area contributed by atoms with Crippen molar-refractivity contribution in [3.05, 3.63) is 41.7 Å². The van der Waals surface area contributed by atoms with Crippen LogP contribution in [-0.4, -0.2) is 64.3 Å². The molecule has 0 aliphatic carbocycles. The average Bonchev–Trinajstić information content (AvgIpc) is 3.21. The van der Waals surface area contributed by atoms with E-state index in [1.165, 1.54) is 6.26 Å². The molecule has 27 heavy (non-hydrogen) atoms. The molecule has 1 aliphatic rings. The highest BCUT2D eigenvalue weighted by Crippen LogP contribution is 2.13. The van der Waals surface area contributed by atoms with Gasteiger partial charge >= 0.3 is 0 Å². The molecule has 8 heteroatoms. The molecule has 144 valence electrons. The van der Waals surface area contributed by atoms with Crippen molar-refractivity contribution in [1.82, 2.24) is 19.8 Å². The number of nitrogens with zero attached hydrogens (tertiary/aromatic N) is 4. The number of hydrogen-bond donors (Lipinski definition) is 1. The first-order valence-electron chi connectivity index (χ1n) is 9.30. The fraction of sp³-hybridized carbons (Fsp3) is 0.474. The van der Waals surface area contributed by atoms with Crippen LogP contribution in [0, 0.1) is 6.92 Å². The van der Waals surface area contributed by atoms with E-state index in [9.17, 15) is 9.59 Å². The second-order valence-corrected chi connectivity index (χ2v) is 6.53. The molecular weight excluding hydrogens is 346 g/mol. The van der Waals surface area contributed by atoms with Gasteiger partial charge in [0.1, 0.15) is 17.3 Å². The summed E-state index contributed by atoms with van der Waals surface area (Å²) in [4.78, 5) is 37.2. The molecule has 2 aromatic heterocycles. The van der Waals surface area contributed by atoms with Gasteiger partial charge in [0, 0.05) is 38.8 Å². The standard InChI is InChI=1S/C19H25N5O3/c1-3-4-7-20-17-13-15(21-14(2)22-17)18(25)23-8-10-24(11-9-23)19(26)16-6-5-12-27-16/h5-6,12-13H,3-4,7-11H2,1-2H3,(H,20,21,22). The fourth-order valence-corrected chi connectivity index (χ4v) is 2.99. The zero-order chi connectivity index (χ0) is 19.2. The number of furan rings is 1. The molecular formula is C19H25N5O3. The van der Waals surface area contributed by atoms with Crippen LogP contribution in [0.1, 0.15) is 46.6 Å². The number of aromatic nitrogens is 2. The topological polar surface area (TPSA) is 91.6 Å². The Balaban J connectivity index is 1.61. The molecule has 3 rings (SSSR count). The van der Waals surface area contributed by atoms with Crippen molar-refractivity contribution in [3.63, 3.8) is 0 Å². The Bertz CT molecular complexity index is 783. The maximum atomic E-state index is 12.8. The van der Waals surface area contributed by atoms with Gasteiger partial charge in [-0.15, -0.1) is 0 Å². The van der Waals surface area contributed by atoms with E-state index in [2.05, 4.69) is 22.2 Å². The Kier molecular flexibility index (Phi) is 6.05. The van der Waals surface area contributed by atoms with Gasteiger partial charge in [0.2, 0.25) is 0 Å². The second-order valence-electron chi connectivity index (χ2n) is 6.53. The molecule has 1 fully saturated rings. The van der Waals surface area contributed by atoms with Crippen molar-refractivity contribution in [1.29, 1.82) is 0 Å². The van der Waals surface area contributed by atoms with Crippen LogP contribution < -0.4 is 5.32 Å². The molecule has 1 aliphatic heterocycles. The number of rotatable bonds is 6. The summed E-state index contributed by atoms with van der Waals surface area (Å²) in [5.74, 6) is 1.28. The molecule has 0 unspecified atom stereocenters. The lowest BCUT2D eigenvalue weighted by Gasteiger charge is -2.34. The highest BCUT2D eigenvalue weighted by Gasteiger charge is 2.27. The molecule has 0 aromatic carbocycles. The monoisotopic (exact) mass is 371 g/mol. The maximum Gasteiger partial charge on any atom is 0.289 e. The lowest BCUT2D eigenvalue weighted by molar-refractivity contribution is 0.0515. The number of carbonyl (C=O) groups excluding carboxylic acids is 2. The van der Waals surface area contributed by atoms with Gasteiger partial charge in [0.15, 0.2) is 5.76 Å². The number of carbonyl (C=O) groups is 2. The van der Waals surface area contributed by atoms with Crippen LogP contribution in [-0.2, 0) is 0 Å².